The Bertz CT molecular complexity index is 1150. The third-order valence-electron chi connectivity index (χ3n) is 6.00. The third-order valence-corrected chi connectivity index (χ3v) is 9.90. The average molecular weight is 589 g/mol. The summed E-state index contributed by atoms with van der Waals surface area (Å²) in [6.07, 6.45) is -0.619. The van der Waals surface area contributed by atoms with E-state index >= 15 is 0 Å². The molecule has 2 aromatic rings. The average Bonchev–Trinajstić information content (AvgIpc) is 3.17. The first-order valence-electron chi connectivity index (χ1n) is 13.4. The highest BCUT2D eigenvalue weighted by Crippen LogP contribution is 2.44. The molecule has 40 heavy (non-hydrogen) atoms. The molecule has 3 rings (SSSR count). The number of fused-ring (bicyclic) bond motifs is 3. The molecular weight excluding hydrogens is 548 g/mol. The predicted octanol–water partition coefficient (Wildman–Crippen LogP) is 6.83. The van der Waals surface area contributed by atoms with Crippen LogP contribution in [-0.4, -0.2) is 58.1 Å². The molecule has 0 spiro atoms. The molecule has 0 heterocycles. The van der Waals surface area contributed by atoms with Gasteiger partial charge >= 0.3 is 18.2 Å². The Labute approximate surface area is 244 Å². The highest BCUT2D eigenvalue weighted by atomic mass is 33.1. The van der Waals surface area contributed by atoms with Gasteiger partial charge in [-0.3, -0.25) is 0 Å². The highest BCUT2D eigenvalue weighted by Gasteiger charge is 2.31. The number of ether oxygens (including phenoxy) is 2. The number of rotatable bonds is 11. The number of hydrogen-bond acceptors (Lipinski definition) is 7. The van der Waals surface area contributed by atoms with Gasteiger partial charge in [-0.15, -0.1) is 0 Å². The Morgan fingerprint density at radius 3 is 2.02 bits per heavy atom. The van der Waals surface area contributed by atoms with E-state index in [9.17, 15) is 19.5 Å². The van der Waals surface area contributed by atoms with Crippen LogP contribution in [-0.2, 0) is 14.3 Å². The molecule has 2 atom stereocenters. The topological polar surface area (TPSA) is 114 Å². The predicted molar refractivity (Wildman–Crippen MR) is 162 cm³/mol. The van der Waals surface area contributed by atoms with Crippen LogP contribution in [0, 0.1) is 0 Å². The van der Waals surface area contributed by atoms with E-state index in [2.05, 4.69) is 43.5 Å². The number of benzene rings is 2. The summed E-state index contributed by atoms with van der Waals surface area (Å²) in [5.41, 5.74) is 3.79. The van der Waals surface area contributed by atoms with Crippen LogP contribution in [0.5, 0.6) is 0 Å². The van der Waals surface area contributed by atoms with Crippen LogP contribution < -0.4 is 10.6 Å². The van der Waals surface area contributed by atoms with Crippen molar-refractivity contribution in [2.75, 3.05) is 13.2 Å². The number of carboxylic acids is 1. The van der Waals surface area contributed by atoms with E-state index in [0.717, 1.165) is 22.3 Å². The third kappa shape index (κ3) is 9.66. The van der Waals surface area contributed by atoms with Crippen molar-refractivity contribution in [1.29, 1.82) is 0 Å². The lowest BCUT2D eigenvalue weighted by Gasteiger charge is -2.25. The monoisotopic (exact) mass is 588 g/mol. The Hall–Kier alpha value is -2.85. The van der Waals surface area contributed by atoms with Crippen molar-refractivity contribution >= 4 is 39.7 Å². The normalized spacial score (nSPS) is 14.4. The largest absolute Gasteiger partial charge is 0.480 e. The van der Waals surface area contributed by atoms with Crippen LogP contribution in [0.3, 0.4) is 0 Å². The number of carboxylic acid groups (broad SMARTS) is 1. The fourth-order valence-electron chi connectivity index (χ4n) is 4.33. The second-order valence-electron chi connectivity index (χ2n) is 11.7. The maximum absolute atomic E-state index is 12.8. The number of carbonyl (C=O) groups is 3. The summed E-state index contributed by atoms with van der Waals surface area (Å²) in [6, 6.07) is 14.9. The van der Waals surface area contributed by atoms with Gasteiger partial charge in [0.15, 0.2) is 0 Å². The molecule has 1 unspecified atom stereocenters. The SMILES string of the molecule is CC(C)(C)OC(=O)NCCC(C[C@H](NC(=O)OCC1c2ccccc2-c2ccccc21)C(=O)O)SSC(C)(C)C. The van der Waals surface area contributed by atoms with E-state index in [4.69, 9.17) is 9.47 Å². The Balaban J connectivity index is 1.60. The van der Waals surface area contributed by atoms with Crippen molar-refractivity contribution in [2.24, 2.45) is 0 Å². The molecule has 0 aliphatic heterocycles. The zero-order valence-electron chi connectivity index (χ0n) is 24.0. The molecular formula is C30H40N2O6S2. The van der Waals surface area contributed by atoms with Crippen molar-refractivity contribution in [3.8, 4) is 11.1 Å². The second-order valence-corrected chi connectivity index (χ2v) is 15.1. The first-order chi connectivity index (χ1) is 18.7. The summed E-state index contributed by atoms with van der Waals surface area (Å²) in [6.45, 7) is 12.0. The molecule has 0 fully saturated rings. The zero-order valence-corrected chi connectivity index (χ0v) is 25.6. The molecule has 0 bridgehead atoms. The fourth-order valence-corrected chi connectivity index (χ4v) is 7.04. The fraction of sp³-hybridized carbons (Fsp3) is 0.500. The molecule has 10 heteroatoms. The Morgan fingerprint density at radius 2 is 1.50 bits per heavy atom. The van der Waals surface area contributed by atoms with E-state index < -0.39 is 29.8 Å². The van der Waals surface area contributed by atoms with Crippen molar-refractivity contribution in [1.82, 2.24) is 10.6 Å². The maximum atomic E-state index is 12.8. The van der Waals surface area contributed by atoms with Crippen LogP contribution >= 0.6 is 21.6 Å². The van der Waals surface area contributed by atoms with Gasteiger partial charge in [0, 0.05) is 22.5 Å². The first kappa shape index (κ1) is 31.7. The number of aliphatic carboxylic acids is 1. The summed E-state index contributed by atoms with van der Waals surface area (Å²) in [5, 5.41) is 15.0. The molecule has 0 radical (unpaired) electrons. The van der Waals surface area contributed by atoms with Gasteiger partial charge in [-0.25, -0.2) is 14.4 Å². The van der Waals surface area contributed by atoms with Crippen molar-refractivity contribution < 1.29 is 29.0 Å². The van der Waals surface area contributed by atoms with Crippen LogP contribution in [0.4, 0.5) is 9.59 Å². The van der Waals surface area contributed by atoms with E-state index in [1.807, 2.05) is 36.4 Å². The molecule has 218 valence electrons. The molecule has 0 saturated heterocycles. The Morgan fingerprint density at radius 1 is 0.925 bits per heavy atom. The van der Waals surface area contributed by atoms with Gasteiger partial charge in [-0.1, -0.05) is 90.9 Å². The summed E-state index contributed by atoms with van der Waals surface area (Å²) >= 11 is 0. The lowest BCUT2D eigenvalue weighted by Crippen LogP contribution is -2.43. The minimum atomic E-state index is -1.14. The molecule has 1 aliphatic carbocycles. The van der Waals surface area contributed by atoms with Crippen molar-refractivity contribution in [3.05, 3.63) is 59.7 Å². The number of amides is 2. The van der Waals surface area contributed by atoms with E-state index in [-0.39, 0.29) is 28.9 Å². The standard InChI is InChI=1S/C30H40N2O6S2/c1-29(2,3)38-27(35)31-16-15-19(39-40-30(4,5)6)17-25(26(33)34)32-28(36)37-18-24-22-13-9-7-11-20(22)21-12-8-10-14-23(21)24/h7-14,19,24-25H,15-18H2,1-6H3,(H,31,35)(H,32,36)(H,33,34)/t19?,25-/m0/s1. The molecule has 2 aromatic carbocycles. The molecule has 3 N–H and O–H groups in total. The van der Waals surface area contributed by atoms with Gasteiger partial charge in [-0.2, -0.15) is 0 Å². The number of hydrogen-bond donors (Lipinski definition) is 3. The van der Waals surface area contributed by atoms with Gasteiger partial charge in [-0.05, 0) is 55.9 Å². The van der Waals surface area contributed by atoms with Gasteiger partial charge < -0.3 is 25.2 Å². The van der Waals surface area contributed by atoms with Crippen LogP contribution in [0.1, 0.15) is 71.4 Å². The minimum Gasteiger partial charge on any atom is -0.480 e. The minimum absolute atomic E-state index is 0.0551. The van der Waals surface area contributed by atoms with Gasteiger partial charge in [0.05, 0.1) is 0 Å². The molecule has 1 aliphatic rings. The zero-order chi connectivity index (χ0) is 29.5. The summed E-state index contributed by atoms with van der Waals surface area (Å²) in [5.74, 6) is -1.26. The quantitative estimate of drug-likeness (QED) is 0.245. The summed E-state index contributed by atoms with van der Waals surface area (Å²) < 4.78 is 10.8. The van der Waals surface area contributed by atoms with E-state index in [0.29, 0.717) is 13.0 Å². The van der Waals surface area contributed by atoms with Crippen LogP contribution in [0.15, 0.2) is 48.5 Å². The molecule has 0 aromatic heterocycles. The lowest BCUT2D eigenvalue weighted by atomic mass is 9.98. The number of alkyl carbamates (subject to hydrolysis) is 2. The Kier molecular flexibility index (Phi) is 10.8. The van der Waals surface area contributed by atoms with Gasteiger partial charge in [0.2, 0.25) is 0 Å². The summed E-state index contributed by atoms with van der Waals surface area (Å²) in [4.78, 5) is 37.0. The van der Waals surface area contributed by atoms with E-state index in [1.165, 1.54) is 0 Å². The maximum Gasteiger partial charge on any atom is 0.407 e. The van der Waals surface area contributed by atoms with Crippen molar-refractivity contribution in [3.63, 3.8) is 0 Å². The molecule has 0 saturated carbocycles. The van der Waals surface area contributed by atoms with E-state index in [1.54, 1.807) is 42.4 Å². The lowest BCUT2D eigenvalue weighted by molar-refractivity contribution is -0.139. The van der Waals surface area contributed by atoms with Gasteiger partial charge in [0.1, 0.15) is 18.2 Å². The first-order valence-corrected chi connectivity index (χ1v) is 15.6. The highest BCUT2D eigenvalue weighted by molar-refractivity contribution is 8.77. The van der Waals surface area contributed by atoms with Crippen LogP contribution in [0.25, 0.3) is 11.1 Å². The molecule has 8 nitrogen and oxygen atoms in total. The number of carbonyl (C=O) groups excluding carboxylic acids is 2. The van der Waals surface area contributed by atoms with Gasteiger partial charge in [0.25, 0.3) is 0 Å². The van der Waals surface area contributed by atoms with Crippen molar-refractivity contribution in [2.45, 2.75) is 81.9 Å². The van der Waals surface area contributed by atoms with Crippen LogP contribution in [0.2, 0.25) is 0 Å². The second kappa shape index (κ2) is 13.7. The summed E-state index contributed by atoms with van der Waals surface area (Å²) in [7, 11) is 3.19. The smallest absolute Gasteiger partial charge is 0.407 e. The molecule has 2 amide bonds. The number of nitrogens with one attached hydrogen (secondary N) is 2.